The first-order valence-electron chi connectivity index (χ1n) is 19.7. The van der Waals surface area contributed by atoms with Crippen molar-refractivity contribution in [3.05, 3.63) is 83.1 Å². The lowest BCUT2D eigenvalue weighted by Crippen LogP contribution is -2.41. The van der Waals surface area contributed by atoms with Crippen molar-refractivity contribution < 1.29 is 19.1 Å². The van der Waals surface area contributed by atoms with E-state index in [-0.39, 0.29) is 42.9 Å². The Bertz CT molecular complexity index is 2800. The predicted molar refractivity (Wildman–Crippen MR) is 237 cm³/mol. The SMILES string of the molecule is CCn1nc(C)cc1C(=O)Nc1nc2cc(C(N)=O)cnc2n1C/C=C/Cn1c2nc(-c3cc(C)nn3CC)ncc2c2cc(C(N)=O)cc(OCCCC3CNC3)c21.Cl.Cl. The lowest BCUT2D eigenvalue weighted by molar-refractivity contribution is 0.0991. The number of pyridine rings is 1. The van der Waals surface area contributed by atoms with E-state index in [1.54, 1.807) is 39.7 Å². The number of rotatable bonds is 16. The number of halogens is 2. The molecule has 0 bridgehead atoms. The molecular weight excluding hydrogens is 823 g/mol. The summed E-state index contributed by atoms with van der Waals surface area (Å²) in [4.78, 5) is 57.2. The van der Waals surface area contributed by atoms with Gasteiger partial charge in [0.1, 0.15) is 28.3 Å². The molecule has 7 heterocycles. The van der Waals surface area contributed by atoms with Gasteiger partial charge in [0.15, 0.2) is 11.5 Å². The summed E-state index contributed by atoms with van der Waals surface area (Å²) in [7, 11) is 0. The second kappa shape index (κ2) is 18.5. The summed E-state index contributed by atoms with van der Waals surface area (Å²) in [5, 5.41) is 16.7. The lowest BCUT2D eigenvalue weighted by atomic mass is 9.98. The lowest BCUT2D eigenvalue weighted by Gasteiger charge is -2.26. The Morgan fingerprint density at radius 1 is 0.836 bits per heavy atom. The highest BCUT2D eigenvalue weighted by Crippen LogP contribution is 2.37. The maximum Gasteiger partial charge on any atom is 0.276 e. The summed E-state index contributed by atoms with van der Waals surface area (Å²) in [5.41, 5.74) is 16.9. The van der Waals surface area contributed by atoms with Crippen LogP contribution in [0.15, 0.2) is 54.9 Å². The van der Waals surface area contributed by atoms with Crippen LogP contribution >= 0.6 is 24.8 Å². The number of ether oxygens (including phenoxy) is 1. The predicted octanol–water partition coefficient (Wildman–Crippen LogP) is 4.97. The van der Waals surface area contributed by atoms with Crippen molar-refractivity contribution in [2.75, 3.05) is 25.0 Å². The Hall–Kier alpha value is -6.37. The summed E-state index contributed by atoms with van der Waals surface area (Å²) in [6.45, 7) is 11.9. The molecule has 6 N–H and O–H groups in total. The van der Waals surface area contributed by atoms with Gasteiger partial charge in [0.25, 0.3) is 5.91 Å². The topological polar surface area (TPSA) is 234 Å². The van der Waals surface area contributed by atoms with Crippen LogP contribution < -0.4 is 26.8 Å². The third kappa shape index (κ3) is 8.78. The van der Waals surface area contributed by atoms with Gasteiger partial charge < -0.3 is 26.1 Å². The van der Waals surface area contributed by atoms with Crippen LogP contribution in [0.5, 0.6) is 5.75 Å². The molecular formula is C41H48Cl2N14O4. The van der Waals surface area contributed by atoms with Gasteiger partial charge in [0, 0.05) is 54.9 Å². The smallest absolute Gasteiger partial charge is 0.276 e. The van der Waals surface area contributed by atoms with E-state index >= 15 is 0 Å². The first kappa shape index (κ1) is 44.2. The number of imidazole rings is 1. The number of allylic oxidation sites excluding steroid dienone is 2. The maximum absolute atomic E-state index is 13.6. The third-order valence-corrected chi connectivity index (χ3v) is 10.5. The summed E-state index contributed by atoms with van der Waals surface area (Å²) >= 11 is 0. The van der Waals surface area contributed by atoms with Gasteiger partial charge in [-0.05, 0) is 89.9 Å². The fourth-order valence-electron chi connectivity index (χ4n) is 7.50. The number of aromatic nitrogens is 10. The van der Waals surface area contributed by atoms with Gasteiger partial charge in [0.05, 0.1) is 29.1 Å². The van der Waals surface area contributed by atoms with Crippen LogP contribution in [0.3, 0.4) is 0 Å². The Morgan fingerprint density at radius 3 is 2.23 bits per heavy atom. The van der Waals surface area contributed by atoms with Crippen LogP contribution in [0.2, 0.25) is 0 Å². The van der Waals surface area contributed by atoms with E-state index in [9.17, 15) is 14.4 Å². The van der Waals surface area contributed by atoms with Gasteiger partial charge >= 0.3 is 0 Å². The van der Waals surface area contributed by atoms with E-state index in [2.05, 4.69) is 30.8 Å². The average Bonchev–Trinajstić information content (AvgIpc) is 3.96. The minimum absolute atomic E-state index is 0. The van der Waals surface area contributed by atoms with E-state index in [0.29, 0.717) is 77.5 Å². The van der Waals surface area contributed by atoms with Gasteiger partial charge in [-0.15, -0.1) is 24.8 Å². The Morgan fingerprint density at radius 2 is 1.54 bits per heavy atom. The molecule has 320 valence electrons. The minimum Gasteiger partial charge on any atom is -0.491 e. The molecule has 1 fully saturated rings. The summed E-state index contributed by atoms with van der Waals surface area (Å²) < 4.78 is 13.7. The summed E-state index contributed by atoms with van der Waals surface area (Å²) in [6, 6.07) is 8.68. The standard InChI is InChI=1S/C41H46N14O4.2ClH/c1-5-54-31(14-23(3)50-54)37-45-22-29-28-16-26(35(42)56)18-33(59-13-9-10-25-19-44-20-25)34(28)52(38(29)48-37)11-7-8-12-53-39-30(17-27(21-46-39)36(43)57)47-41(53)49-40(58)32-15-24(4)51-55(32)6-2;;/h7-8,14-18,21-22,25,44H,5-6,9-13,19-20H2,1-4H3,(H2,42,56)(H2,43,57)(H,47,49,58);2*1H/b8-7+;;. The highest BCUT2D eigenvalue weighted by atomic mass is 35.5. The van der Waals surface area contributed by atoms with Crippen LogP contribution in [-0.2, 0) is 26.2 Å². The number of fused-ring (bicyclic) bond motifs is 4. The van der Waals surface area contributed by atoms with Crippen molar-refractivity contribution in [1.29, 1.82) is 0 Å². The normalized spacial score (nSPS) is 12.8. The zero-order valence-electron chi connectivity index (χ0n) is 34.2. The largest absolute Gasteiger partial charge is 0.491 e. The molecule has 8 rings (SSSR count). The Kier molecular flexibility index (Phi) is 13.4. The molecule has 20 heteroatoms. The molecule has 0 radical (unpaired) electrons. The van der Waals surface area contributed by atoms with E-state index in [4.69, 9.17) is 26.2 Å². The zero-order chi connectivity index (χ0) is 41.4. The molecule has 0 spiro atoms. The highest BCUT2D eigenvalue weighted by molar-refractivity contribution is 6.12. The molecule has 6 aromatic heterocycles. The van der Waals surface area contributed by atoms with Crippen molar-refractivity contribution in [2.24, 2.45) is 17.4 Å². The number of primary amides is 2. The Labute approximate surface area is 363 Å². The van der Waals surface area contributed by atoms with Gasteiger partial charge in [-0.2, -0.15) is 10.2 Å². The number of carbonyl (C=O) groups excluding carboxylic acids is 3. The van der Waals surface area contributed by atoms with Crippen LogP contribution in [0.25, 0.3) is 44.6 Å². The second-order valence-corrected chi connectivity index (χ2v) is 14.7. The summed E-state index contributed by atoms with van der Waals surface area (Å²) in [5.74, 6) is 0.283. The molecule has 3 amide bonds. The third-order valence-electron chi connectivity index (χ3n) is 10.5. The molecule has 0 saturated carbocycles. The molecule has 61 heavy (non-hydrogen) atoms. The number of benzene rings is 1. The molecule has 7 aromatic rings. The molecule has 18 nitrogen and oxygen atoms in total. The van der Waals surface area contributed by atoms with Crippen LogP contribution in [0.1, 0.15) is 69.3 Å². The highest BCUT2D eigenvalue weighted by Gasteiger charge is 2.23. The molecule has 0 unspecified atom stereocenters. The molecule has 1 aliphatic heterocycles. The first-order chi connectivity index (χ1) is 28.5. The first-order valence-corrected chi connectivity index (χ1v) is 19.7. The van der Waals surface area contributed by atoms with Crippen LogP contribution in [-0.4, -0.2) is 86.0 Å². The van der Waals surface area contributed by atoms with Gasteiger partial charge in [-0.3, -0.25) is 33.6 Å². The monoisotopic (exact) mass is 870 g/mol. The van der Waals surface area contributed by atoms with E-state index in [0.717, 1.165) is 53.6 Å². The molecule has 1 saturated heterocycles. The van der Waals surface area contributed by atoms with E-state index in [1.165, 1.54) is 6.20 Å². The van der Waals surface area contributed by atoms with Crippen molar-refractivity contribution in [1.82, 2.24) is 53.9 Å². The average molecular weight is 872 g/mol. The number of nitrogens with zero attached hydrogens (tertiary/aromatic N) is 10. The molecule has 1 aromatic carbocycles. The molecule has 0 atom stereocenters. The number of carbonyl (C=O) groups is 3. The van der Waals surface area contributed by atoms with Crippen LogP contribution in [0.4, 0.5) is 5.95 Å². The van der Waals surface area contributed by atoms with Gasteiger partial charge in [-0.1, -0.05) is 12.2 Å². The summed E-state index contributed by atoms with van der Waals surface area (Å²) in [6.07, 6.45) is 8.95. The molecule has 1 aliphatic rings. The number of aryl methyl sites for hydroxylation is 4. The number of hydrogen-bond acceptors (Lipinski definition) is 11. The van der Waals surface area contributed by atoms with Crippen LogP contribution in [0, 0.1) is 19.8 Å². The quantitative estimate of drug-likeness (QED) is 0.0747. The van der Waals surface area contributed by atoms with Gasteiger partial charge in [-0.25, -0.2) is 19.9 Å². The minimum atomic E-state index is -0.642. The molecule has 0 aliphatic carbocycles. The number of anilines is 1. The van der Waals surface area contributed by atoms with Crippen molar-refractivity contribution in [3.8, 4) is 17.3 Å². The number of amides is 3. The Balaban J connectivity index is 0.00000311. The van der Waals surface area contributed by atoms with Crippen molar-refractivity contribution >= 4 is 81.6 Å². The van der Waals surface area contributed by atoms with Crippen molar-refractivity contribution in [3.63, 3.8) is 0 Å². The second-order valence-electron chi connectivity index (χ2n) is 14.7. The van der Waals surface area contributed by atoms with Gasteiger partial charge in [0.2, 0.25) is 17.8 Å². The number of hydrogen-bond donors (Lipinski definition) is 4. The fourth-order valence-corrected chi connectivity index (χ4v) is 7.50. The van der Waals surface area contributed by atoms with Crippen molar-refractivity contribution in [2.45, 2.75) is 66.7 Å². The van der Waals surface area contributed by atoms with E-state index in [1.807, 2.05) is 55.2 Å². The number of nitrogens with one attached hydrogen (secondary N) is 2. The van der Waals surface area contributed by atoms with E-state index < -0.39 is 17.7 Å². The fraction of sp³-hybridized carbons (Fsp3) is 0.341. The zero-order valence-corrected chi connectivity index (χ0v) is 35.8. The number of nitrogens with two attached hydrogens (primary N) is 2. The maximum atomic E-state index is 13.6.